The summed E-state index contributed by atoms with van der Waals surface area (Å²) < 4.78 is 26.6. The average molecular weight is 469 g/mol. The summed E-state index contributed by atoms with van der Waals surface area (Å²) >= 11 is 6.64. The van der Waals surface area contributed by atoms with E-state index in [0.717, 1.165) is 34.0 Å². The van der Waals surface area contributed by atoms with Crippen molar-refractivity contribution in [2.45, 2.75) is 23.0 Å². The second-order valence-corrected chi connectivity index (χ2v) is 11.0. The second kappa shape index (κ2) is 7.42. The van der Waals surface area contributed by atoms with Crippen LogP contribution < -0.4 is 4.90 Å². The summed E-state index contributed by atoms with van der Waals surface area (Å²) in [7, 11) is -3.28. The zero-order chi connectivity index (χ0) is 18.1. The van der Waals surface area contributed by atoms with E-state index in [1.807, 2.05) is 5.38 Å². The highest BCUT2D eigenvalue weighted by atomic mass is 79.9. The van der Waals surface area contributed by atoms with Crippen LogP contribution in [0.25, 0.3) is 11.3 Å². The van der Waals surface area contributed by atoms with Crippen LogP contribution in [-0.2, 0) is 9.84 Å². The summed E-state index contributed by atoms with van der Waals surface area (Å²) in [5, 5.41) is 6.87. The quantitative estimate of drug-likeness (QED) is 0.535. The maximum Gasteiger partial charge on any atom is 0.185 e. The van der Waals surface area contributed by atoms with Crippen LogP contribution in [-0.4, -0.2) is 31.7 Å². The highest BCUT2D eigenvalue weighted by Crippen LogP contribution is 2.32. The number of benzene rings is 1. The van der Waals surface area contributed by atoms with Crippen LogP contribution in [0.1, 0.15) is 12.8 Å². The molecule has 136 valence electrons. The molecule has 0 saturated carbocycles. The fourth-order valence-corrected chi connectivity index (χ4v) is 6.66. The molecule has 1 fully saturated rings. The molecule has 0 aliphatic carbocycles. The number of hydrogen-bond acceptors (Lipinski definition) is 6. The topological polar surface area (TPSA) is 50.3 Å². The van der Waals surface area contributed by atoms with E-state index in [-0.39, 0.29) is 5.25 Å². The summed E-state index contributed by atoms with van der Waals surface area (Å²) in [6.45, 7) is 1.44. The summed E-state index contributed by atoms with van der Waals surface area (Å²) in [5.74, 6) is 0. The molecule has 1 aliphatic heterocycles. The monoisotopic (exact) mass is 468 g/mol. The van der Waals surface area contributed by atoms with Crippen LogP contribution >= 0.6 is 38.6 Å². The van der Waals surface area contributed by atoms with Gasteiger partial charge in [0.1, 0.15) is 0 Å². The number of thiazole rings is 1. The van der Waals surface area contributed by atoms with Gasteiger partial charge in [0.15, 0.2) is 15.0 Å². The Kier molecular flexibility index (Phi) is 5.18. The van der Waals surface area contributed by atoms with Crippen molar-refractivity contribution in [3.63, 3.8) is 0 Å². The summed E-state index contributed by atoms with van der Waals surface area (Å²) in [4.78, 5) is 7.34. The van der Waals surface area contributed by atoms with Gasteiger partial charge < -0.3 is 4.90 Å². The number of hydrogen-bond donors (Lipinski definition) is 0. The van der Waals surface area contributed by atoms with Crippen LogP contribution in [0.15, 0.2) is 55.8 Å². The molecule has 0 atom stereocenters. The molecule has 0 bridgehead atoms. The first-order valence-corrected chi connectivity index (χ1v) is 12.4. The first-order valence-electron chi connectivity index (χ1n) is 8.26. The highest BCUT2D eigenvalue weighted by molar-refractivity contribution is 9.10. The van der Waals surface area contributed by atoms with Crippen molar-refractivity contribution in [1.29, 1.82) is 0 Å². The molecule has 1 aromatic carbocycles. The molecule has 0 spiro atoms. The largest absolute Gasteiger partial charge is 0.348 e. The lowest BCUT2D eigenvalue weighted by molar-refractivity contribution is 0.529. The van der Waals surface area contributed by atoms with Gasteiger partial charge in [-0.2, -0.15) is 11.3 Å². The van der Waals surface area contributed by atoms with Crippen molar-refractivity contribution in [3.05, 3.63) is 50.9 Å². The van der Waals surface area contributed by atoms with Crippen LogP contribution in [0.5, 0.6) is 0 Å². The number of rotatable bonds is 4. The first kappa shape index (κ1) is 18.2. The van der Waals surface area contributed by atoms with E-state index in [0.29, 0.717) is 17.7 Å². The number of anilines is 1. The van der Waals surface area contributed by atoms with Crippen LogP contribution in [0.3, 0.4) is 0 Å². The summed E-state index contributed by atoms with van der Waals surface area (Å²) in [6, 6.07) is 8.99. The van der Waals surface area contributed by atoms with Crippen molar-refractivity contribution in [2.24, 2.45) is 0 Å². The Morgan fingerprint density at radius 2 is 1.81 bits per heavy atom. The van der Waals surface area contributed by atoms with E-state index in [1.165, 1.54) is 0 Å². The molecule has 3 aromatic rings. The molecular formula is C18H17BrN2O2S3. The fraction of sp³-hybridized carbons (Fsp3) is 0.278. The molecule has 26 heavy (non-hydrogen) atoms. The molecule has 8 heteroatoms. The van der Waals surface area contributed by atoms with E-state index in [4.69, 9.17) is 4.98 Å². The maximum atomic E-state index is 12.9. The normalized spacial score (nSPS) is 16.1. The first-order chi connectivity index (χ1) is 12.5. The van der Waals surface area contributed by atoms with Crippen LogP contribution in [0.2, 0.25) is 0 Å². The number of nitrogens with zero attached hydrogens (tertiary/aromatic N) is 2. The lowest BCUT2D eigenvalue weighted by Gasteiger charge is -2.31. The number of halogens is 1. The Morgan fingerprint density at radius 3 is 2.46 bits per heavy atom. The standard InChI is InChI=1S/C18H17BrN2O2S3/c19-14-1-3-15(4-2-14)26(22,23)16-5-8-21(9-6-16)18-20-17(12-25-18)13-7-10-24-11-13/h1-4,7,10-12,16H,5-6,8-9H2. The third-order valence-corrected chi connectivity index (χ3v) is 8.99. The summed E-state index contributed by atoms with van der Waals surface area (Å²) in [5.41, 5.74) is 2.14. The molecule has 2 aromatic heterocycles. The van der Waals surface area contributed by atoms with Gasteiger partial charge in [-0.1, -0.05) is 15.9 Å². The van der Waals surface area contributed by atoms with Crippen LogP contribution in [0.4, 0.5) is 5.13 Å². The Labute approximate surface area is 169 Å². The average Bonchev–Trinajstić information content (AvgIpc) is 3.34. The Hall–Kier alpha value is -1.22. The fourth-order valence-electron chi connectivity index (χ4n) is 3.13. The van der Waals surface area contributed by atoms with Crippen molar-refractivity contribution in [3.8, 4) is 11.3 Å². The van der Waals surface area contributed by atoms with E-state index in [9.17, 15) is 8.42 Å². The maximum absolute atomic E-state index is 12.9. The molecule has 0 radical (unpaired) electrons. The molecule has 0 amide bonds. The lowest BCUT2D eigenvalue weighted by atomic mass is 10.1. The minimum Gasteiger partial charge on any atom is -0.348 e. The van der Waals surface area contributed by atoms with E-state index in [2.05, 4.69) is 37.7 Å². The molecule has 4 nitrogen and oxygen atoms in total. The number of aromatic nitrogens is 1. The second-order valence-electron chi connectivity index (χ2n) is 6.21. The Morgan fingerprint density at radius 1 is 1.08 bits per heavy atom. The molecule has 1 aliphatic rings. The Balaban J connectivity index is 1.45. The van der Waals surface area contributed by atoms with Gasteiger partial charge in [0, 0.05) is 33.9 Å². The van der Waals surface area contributed by atoms with Crippen LogP contribution in [0, 0.1) is 0 Å². The predicted octanol–water partition coefficient (Wildman–Crippen LogP) is 5.08. The van der Waals surface area contributed by atoms with E-state index < -0.39 is 9.84 Å². The van der Waals surface area contributed by atoms with Crippen molar-refractivity contribution in [1.82, 2.24) is 4.98 Å². The third-order valence-electron chi connectivity index (χ3n) is 4.60. The Bertz CT molecular complexity index is 974. The van der Waals surface area contributed by atoms with Crippen molar-refractivity contribution in [2.75, 3.05) is 18.0 Å². The minimum absolute atomic E-state index is 0.323. The van der Waals surface area contributed by atoms with Crippen molar-refractivity contribution >= 4 is 53.6 Å². The predicted molar refractivity (Wildman–Crippen MR) is 112 cm³/mol. The number of piperidine rings is 1. The number of sulfone groups is 1. The summed E-state index contributed by atoms with van der Waals surface area (Å²) in [6.07, 6.45) is 1.26. The molecule has 0 unspecified atom stereocenters. The lowest BCUT2D eigenvalue weighted by Crippen LogP contribution is -2.39. The molecule has 4 rings (SSSR count). The van der Waals surface area contributed by atoms with Gasteiger partial charge in [0.2, 0.25) is 0 Å². The zero-order valence-electron chi connectivity index (χ0n) is 13.8. The molecular weight excluding hydrogens is 452 g/mol. The van der Waals surface area contributed by atoms with E-state index in [1.54, 1.807) is 46.9 Å². The van der Waals surface area contributed by atoms with Gasteiger partial charge in [-0.25, -0.2) is 13.4 Å². The van der Waals surface area contributed by atoms with Gasteiger partial charge in [0.05, 0.1) is 15.8 Å². The van der Waals surface area contributed by atoms with Gasteiger partial charge in [0.25, 0.3) is 0 Å². The van der Waals surface area contributed by atoms with Crippen molar-refractivity contribution < 1.29 is 8.42 Å². The molecule has 3 heterocycles. The van der Waals surface area contributed by atoms with E-state index >= 15 is 0 Å². The smallest absolute Gasteiger partial charge is 0.185 e. The minimum atomic E-state index is -3.28. The molecule has 1 saturated heterocycles. The number of thiophene rings is 1. The van der Waals surface area contributed by atoms with Gasteiger partial charge in [-0.05, 0) is 48.6 Å². The van der Waals surface area contributed by atoms with Gasteiger partial charge in [-0.15, -0.1) is 11.3 Å². The highest BCUT2D eigenvalue weighted by Gasteiger charge is 2.32. The third kappa shape index (κ3) is 3.60. The SMILES string of the molecule is O=S(=O)(c1ccc(Br)cc1)C1CCN(c2nc(-c3ccsc3)cs2)CC1. The van der Waals surface area contributed by atoms with Gasteiger partial charge >= 0.3 is 0 Å². The van der Waals surface area contributed by atoms with Gasteiger partial charge in [-0.3, -0.25) is 0 Å². The zero-order valence-corrected chi connectivity index (χ0v) is 17.9. The molecule has 0 N–H and O–H groups in total.